The number of thioether (sulfide) groups is 1. The quantitative estimate of drug-likeness (QED) is 0.306. The van der Waals surface area contributed by atoms with Crippen LogP contribution in [0.15, 0.2) is 74.5 Å². The van der Waals surface area contributed by atoms with Gasteiger partial charge in [0.1, 0.15) is 0 Å². The summed E-state index contributed by atoms with van der Waals surface area (Å²) in [5.41, 5.74) is 2.14. The van der Waals surface area contributed by atoms with Crippen LogP contribution in [0.4, 0.5) is 5.69 Å². The summed E-state index contributed by atoms with van der Waals surface area (Å²) in [5.74, 6) is 0.158. The van der Waals surface area contributed by atoms with Gasteiger partial charge in [-0.25, -0.2) is 13.4 Å². The molecule has 34 heavy (non-hydrogen) atoms. The summed E-state index contributed by atoms with van der Waals surface area (Å²) >= 11 is 1.02. The molecule has 9 heteroatoms. The number of amides is 1. The van der Waals surface area contributed by atoms with Gasteiger partial charge in [-0.3, -0.25) is 9.59 Å². The third kappa shape index (κ3) is 6.57. The number of aryl methyl sites for hydroxylation is 1. The molecule has 0 aliphatic heterocycles. The Morgan fingerprint density at radius 2 is 1.76 bits per heavy atom. The van der Waals surface area contributed by atoms with Gasteiger partial charge >= 0.3 is 0 Å². The number of rotatable bonds is 10. The summed E-state index contributed by atoms with van der Waals surface area (Å²) in [6.45, 7) is 6.29. The second kappa shape index (κ2) is 11.5. The van der Waals surface area contributed by atoms with Gasteiger partial charge in [0.15, 0.2) is 10.1 Å². The van der Waals surface area contributed by atoms with Crippen molar-refractivity contribution in [2.75, 3.05) is 11.1 Å². The number of nitrogens with one attached hydrogen (secondary N) is 2. The molecule has 3 aromatic rings. The molecule has 0 atom stereocenters. The molecule has 0 fully saturated rings. The lowest BCUT2D eigenvalue weighted by Crippen LogP contribution is -2.20. The van der Waals surface area contributed by atoms with E-state index in [2.05, 4.69) is 36.1 Å². The highest BCUT2D eigenvalue weighted by atomic mass is 32.2. The Kier molecular flexibility index (Phi) is 8.68. The topological polar surface area (TPSA) is 109 Å². The van der Waals surface area contributed by atoms with Gasteiger partial charge in [-0.05, 0) is 54.2 Å². The molecule has 0 spiro atoms. The van der Waals surface area contributed by atoms with Crippen molar-refractivity contribution in [2.24, 2.45) is 0 Å². The maximum absolute atomic E-state index is 12.9. The number of aromatic nitrogens is 2. The zero-order valence-corrected chi connectivity index (χ0v) is 21.1. The summed E-state index contributed by atoms with van der Waals surface area (Å²) < 4.78 is 25.8. The van der Waals surface area contributed by atoms with Gasteiger partial charge < -0.3 is 10.3 Å². The Morgan fingerprint density at radius 1 is 1.09 bits per heavy atom. The lowest BCUT2D eigenvalue weighted by atomic mass is 10.0. The van der Waals surface area contributed by atoms with E-state index in [9.17, 15) is 18.0 Å². The monoisotopic (exact) mass is 499 g/mol. The molecule has 0 aliphatic rings. The molecular formula is C25H29N3O4S2. The summed E-state index contributed by atoms with van der Waals surface area (Å²) in [7, 11) is -4.00. The average Bonchev–Trinajstić information content (AvgIpc) is 2.82. The summed E-state index contributed by atoms with van der Waals surface area (Å²) in [6.07, 6.45) is 4.00. The first-order valence-corrected chi connectivity index (χ1v) is 13.6. The second-order valence-electron chi connectivity index (χ2n) is 8.25. The minimum absolute atomic E-state index is 0.0141. The number of hydrogen-bond acceptors (Lipinski definition) is 6. The fourth-order valence-corrected chi connectivity index (χ4v) is 5.12. The third-order valence-corrected chi connectivity index (χ3v) is 7.94. The minimum Gasteiger partial charge on any atom is -0.325 e. The molecule has 0 radical (unpaired) electrons. The number of nitrogens with zero attached hydrogens (tertiary/aromatic N) is 1. The van der Waals surface area contributed by atoms with Gasteiger partial charge in [-0.2, -0.15) is 0 Å². The Bertz CT molecular complexity index is 1280. The number of sulfone groups is 1. The van der Waals surface area contributed by atoms with E-state index in [1.54, 1.807) is 12.1 Å². The average molecular weight is 500 g/mol. The molecule has 1 amide bonds. The summed E-state index contributed by atoms with van der Waals surface area (Å²) in [5, 5.41) is 2.96. The van der Waals surface area contributed by atoms with Crippen LogP contribution in [0, 0.1) is 0 Å². The van der Waals surface area contributed by atoms with E-state index in [4.69, 9.17) is 0 Å². The molecule has 180 valence electrons. The van der Waals surface area contributed by atoms with Crippen molar-refractivity contribution < 1.29 is 13.2 Å². The van der Waals surface area contributed by atoms with Crippen molar-refractivity contribution in [2.45, 2.75) is 60.9 Å². The summed E-state index contributed by atoms with van der Waals surface area (Å²) in [6, 6.07) is 14.2. The van der Waals surface area contributed by atoms with Gasteiger partial charge in [-0.15, -0.1) is 0 Å². The van der Waals surface area contributed by atoms with Crippen LogP contribution in [0.5, 0.6) is 0 Å². The second-order valence-corrected chi connectivity index (χ2v) is 11.1. The van der Waals surface area contributed by atoms with Crippen LogP contribution < -0.4 is 10.9 Å². The van der Waals surface area contributed by atoms with E-state index in [0.717, 1.165) is 42.8 Å². The molecule has 0 saturated heterocycles. The molecule has 1 heterocycles. The smallest absolute Gasteiger partial charge is 0.270 e. The maximum atomic E-state index is 12.9. The highest BCUT2D eigenvalue weighted by Gasteiger charge is 2.22. The van der Waals surface area contributed by atoms with Crippen LogP contribution in [0.1, 0.15) is 50.7 Å². The van der Waals surface area contributed by atoms with Gasteiger partial charge in [0.25, 0.3) is 5.56 Å². The summed E-state index contributed by atoms with van der Waals surface area (Å²) in [4.78, 5) is 30.9. The van der Waals surface area contributed by atoms with Crippen LogP contribution >= 0.6 is 11.8 Å². The number of hydrogen-bond donors (Lipinski definition) is 2. The Balaban J connectivity index is 1.64. The number of unbranched alkanes of at least 4 members (excludes halogenated alkanes) is 1. The van der Waals surface area contributed by atoms with Crippen molar-refractivity contribution in [1.29, 1.82) is 0 Å². The van der Waals surface area contributed by atoms with E-state index >= 15 is 0 Å². The fraction of sp³-hybridized carbons (Fsp3) is 0.320. The number of carbonyl (C=O) groups excluding carboxylic acids is 1. The Hall–Kier alpha value is -2.91. The lowest BCUT2D eigenvalue weighted by molar-refractivity contribution is -0.113. The molecular weight excluding hydrogens is 470 g/mol. The molecule has 0 aliphatic carbocycles. The van der Waals surface area contributed by atoms with Crippen LogP contribution in [-0.4, -0.2) is 30.0 Å². The molecule has 2 N–H and O–H groups in total. The molecule has 2 aromatic carbocycles. The lowest BCUT2D eigenvalue weighted by Gasteiger charge is -2.08. The highest BCUT2D eigenvalue weighted by molar-refractivity contribution is 7.99. The predicted molar refractivity (Wildman–Crippen MR) is 135 cm³/mol. The van der Waals surface area contributed by atoms with Crippen LogP contribution in [0.25, 0.3) is 0 Å². The number of H-pyrrole nitrogens is 1. The molecule has 0 unspecified atom stereocenters. The van der Waals surface area contributed by atoms with E-state index in [1.807, 2.05) is 24.3 Å². The Morgan fingerprint density at radius 3 is 2.35 bits per heavy atom. The fourth-order valence-electron chi connectivity index (χ4n) is 3.26. The number of anilines is 1. The first-order valence-electron chi connectivity index (χ1n) is 11.2. The zero-order chi connectivity index (χ0) is 24.7. The molecule has 0 saturated carbocycles. The van der Waals surface area contributed by atoms with Gasteiger partial charge in [0.05, 0.1) is 16.8 Å². The van der Waals surface area contributed by atoms with E-state index < -0.39 is 20.3 Å². The number of carbonyl (C=O) groups is 1. The molecule has 1 aromatic heterocycles. The molecule has 3 rings (SSSR count). The number of benzene rings is 2. The SMILES string of the molecule is CCCCc1ccc(S(=O)(=O)c2cnc(SCC(=O)Nc3ccc(C(C)C)cc3)[nH]c2=O)cc1. The van der Waals surface area contributed by atoms with Crippen molar-refractivity contribution in [1.82, 2.24) is 9.97 Å². The van der Waals surface area contributed by atoms with E-state index in [0.29, 0.717) is 11.6 Å². The normalized spacial score (nSPS) is 11.5. The zero-order valence-electron chi connectivity index (χ0n) is 19.5. The first kappa shape index (κ1) is 25.7. The van der Waals surface area contributed by atoms with Crippen molar-refractivity contribution >= 4 is 33.2 Å². The predicted octanol–water partition coefficient (Wildman–Crippen LogP) is 4.80. The van der Waals surface area contributed by atoms with Crippen LogP contribution in [-0.2, 0) is 21.1 Å². The van der Waals surface area contributed by atoms with Gasteiger partial charge in [-0.1, -0.05) is 63.2 Å². The largest absolute Gasteiger partial charge is 0.325 e. The van der Waals surface area contributed by atoms with E-state index in [-0.39, 0.29) is 21.7 Å². The van der Waals surface area contributed by atoms with Gasteiger partial charge in [0, 0.05) is 5.69 Å². The van der Waals surface area contributed by atoms with Crippen molar-refractivity contribution in [3.8, 4) is 0 Å². The van der Waals surface area contributed by atoms with Crippen molar-refractivity contribution in [3.63, 3.8) is 0 Å². The van der Waals surface area contributed by atoms with Crippen molar-refractivity contribution in [3.05, 3.63) is 76.2 Å². The molecule has 7 nitrogen and oxygen atoms in total. The third-order valence-electron chi connectivity index (χ3n) is 5.29. The number of aromatic amines is 1. The molecule has 0 bridgehead atoms. The standard InChI is InChI=1S/C25H29N3O4S2/c1-4-5-6-18-7-13-21(14-8-18)34(31,32)22-15-26-25(28-24(22)30)33-16-23(29)27-20-11-9-19(10-12-20)17(2)3/h7-15,17H,4-6,16H2,1-3H3,(H,27,29)(H,26,28,30). The maximum Gasteiger partial charge on any atom is 0.270 e. The van der Waals surface area contributed by atoms with E-state index in [1.165, 1.54) is 17.7 Å². The van der Waals surface area contributed by atoms with Gasteiger partial charge in [0.2, 0.25) is 15.7 Å². The van der Waals surface area contributed by atoms with Crippen LogP contribution in [0.3, 0.4) is 0 Å². The van der Waals surface area contributed by atoms with Crippen LogP contribution in [0.2, 0.25) is 0 Å². The minimum atomic E-state index is -4.00. The Labute approximate surface area is 204 Å². The first-order chi connectivity index (χ1) is 16.2. The highest BCUT2D eigenvalue weighted by Crippen LogP contribution is 2.21.